The van der Waals surface area contributed by atoms with Gasteiger partial charge in [0, 0.05) is 37.3 Å². The molecule has 1 N–H and O–H groups in total. The molecule has 0 aromatic rings. The number of ether oxygens (including phenoxy) is 1. The van der Waals surface area contributed by atoms with Gasteiger partial charge >= 0.3 is 0 Å². The van der Waals surface area contributed by atoms with E-state index in [1.165, 1.54) is 32.2 Å². The summed E-state index contributed by atoms with van der Waals surface area (Å²) in [5, 5.41) is 3.80. The van der Waals surface area contributed by atoms with Crippen molar-refractivity contribution in [2.45, 2.75) is 64.1 Å². The normalized spacial score (nSPS) is 30.9. The number of rotatable bonds is 4. The molecule has 2 unspecified atom stereocenters. The highest BCUT2D eigenvalue weighted by Crippen LogP contribution is 2.33. The van der Waals surface area contributed by atoms with Crippen LogP contribution in [-0.2, 0) is 4.74 Å². The largest absolute Gasteiger partial charge is 0.380 e. The third-order valence-corrected chi connectivity index (χ3v) is 4.51. The molecule has 1 saturated heterocycles. The van der Waals surface area contributed by atoms with Crippen molar-refractivity contribution in [1.29, 1.82) is 0 Å². The molecule has 0 radical (unpaired) electrons. The van der Waals surface area contributed by atoms with Crippen LogP contribution in [0.5, 0.6) is 0 Å². The van der Waals surface area contributed by atoms with E-state index in [1.807, 2.05) is 0 Å². The lowest BCUT2D eigenvalue weighted by molar-refractivity contribution is 0.0122. The predicted octanol–water partition coefficient (Wildman–Crippen LogP) is 2.02. The Hall–Kier alpha value is -0.120. The van der Waals surface area contributed by atoms with Crippen LogP contribution in [0.2, 0.25) is 0 Å². The van der Waals surface area contributed by atoms with Crippen LogP contribution in [-0.4, -0.2) is 48.8 Å². The number of piperazine rings is 1. The predicted molar refractivity (Wildman–Crippen MR) is 71.3 cm³/mol. The van der Waals surface area contributed by atoms with E-state index < -0.39 is 0 Å². The second kappa shape index (κ2) is 5.68. The monoisotopic (exact) mass is 240 g/mol. The number of nitrogens with one attached hydrogen (secondary N) is 1. The highest BCUT2D eigenvalue weighted by molar-refractivity contribution is 5.01. The van der Waals surface area contributed by atoms with E-state index in [-0.39, 0.29) is 0 Å². The van der Waals surface area contributed by atoms with Gasteiger partial charge in [0.15, 0.2) is 0 Å². The summed E-state index contributed by atoms with van der Waals surface area (Å²) in [6, 6.07) is 1.18. The van der Waals surface area contributed by atoms with Crippen molar-refractivity contribution in [3.63, 3.8) is 0 Å². The smallest absolute Gasteiger partial charge is 0.0619 e. The highest BCUT2D eigenvalue weighted by Gasteiger charge is 2.41. The van der Waals surface area contributed by atoms with Gasteiger partial charge < -0.3 is 10.1 Å². The lowest BCUT2D eigenvalue weighted by Gasteiger charge is -2.47. The van der Waals surface area contributed by atoms with Gasteiger partial charge in [-0.25, -0.2) is 0 Å². The minimum atomic E-state index is 0.424. The molecule has 3 nitrogen and oxygen atoms in total. The van der Waals surface area contributed by atoms with E-state index in [0.717, 1.165) is 19.8 Å². The molecule has 17 heavy (non-hydrogen) atoms. The van der Waals surface area contributed by atoms with Gasteiger partial charge in [-0.15, -0.1) is 0 Å². The molecule has 1 heterocycles. The molecule has 3 heteroatoms. The van der Waals surface area contributed by atoms with Crippen molar-refractivity contribution >= 4 is 0 Å². The first kappa shape index (κ1) is 13.3. The van der Waals surface area contributed by atoms with E-state index in [9.17, 15) is 0 Å². The maximum absolute atomic E-state index is 5.59. The molecule has 0 bridgehead atoms. The van der Waals surface area contributed by atoms with Gasteiger partial charge in [0.05, 0.1) is 6.61 Å². The third-order valence-electron chi connectivity index (χ3n) is 4.51. The van der Waals surface area contributed by atoms with Gasteiger partial charge in [0.1, 0.15) is 0 Å². The lowest BCUT2D eigenvalue weighted by Crippen LogP contribution is -2.64. The van der Waals surface area contributed by atoms with Crippen LogP contribution in [0.1, 0.15) is 46.5 Å². The van der Waals surface area contributed by atoms with Gasteiger partial charge in [-0.3, -0.25) is 4.90 Å². The average Bonchev–Trinajstić information content (AvgIpc) is 2.78. The number of nitrogens with zero attached hydrogens (tertiary/aromatic N) is 1. The van der Waals surface area contributed by atoms with Crippen LogP contribution in [0.4, 0.5) is 0 Å². The van der Waals surface area contributed by atoms with Gasteiger partial charge in [0.25, 0.3) is 0 Å². The van der Waals surface area contributed by atoms with Gasteiger partial charge in [-0.05, 0) is 33.6 Å². The summed E-state index contributed by atoms with van der Waals surface area (Å²) in [7, 11) is 0. The topological polar surface area (TPSA) is 24.5 Å². The second-order valence-electron chi connectivity index (χ2n) is 5.90. The van der Waals surface area contributed by atoms with E-state index in [2.05, 4.69) is 31.0 Å². The minimum absolute atomic E-state index is 0.424. The zero-order valence-corrected chi connectivity index (χ0v) is 11.7. The Morgan fingerprint density at radius 2 is 2.12 bits per heavy atom. The van der Waals surface area contributed by atoms with Crippen LogP contribution >= 0.6 is 0 Å². The molecule has 0 aromatic heterocycles. The first-order chi connectivity index (χ1) is 8.17. The summed E-state index contributed by atoms with van der Waals surface area (Å²) in [5.74, 6) is 0. The molecule has 2 aliphatic rings. The summed E-state index contributed by atoms with van der Waals surface area (Å²) in [6.07, 6.45) is 5.51. The molecule has 2 fully saturated rings. The fraction of sp³-hybridized carbons (Fsp3) is 1.00. The first-order valence-corrected chi connectivity index (χ1v) is 7.25. The molecule has 0 amide bonds. The average molecular weight is 240 g/mol. The summed E-state index contributed by atoms with van der Waals surface area (Å²) in [6.45, 7) is 10.8. The van der Waals surface area contributed by atoms with Crippen molar-refractivity contribution in [2.24, 2.45) is 0 Å². The maximum atomic E-state index is 5.59. The third kappa shape index (κ3) is 3.01. The first-order valence-electron chi connectivity index (χ1n) is 7.25. The summed E-state index contributed by atoms with van der Waals surface area (Å²) >= 11 is 0. The molecular formula is C14H28N2O. The van der Waals surface area contributed by atoms with Gasteiger partial charge in [-0.2, -0.15) is 0 Å². The molecule has 2 atom stereocenters. The van der Waals surface area contributed by atoms with Crippen molar-refractivity contribution in [3.8, 4) is 0 Å². The molecule has 1 spiro atoms. The van der Waals surface area contributed by atoms with Crippen molar-refractivity contribution < 1.29 is 4.74 Å². The molecule has 1 saturated carbocycles. The molecule has 2 rings (SSSR count). The SMILES string of the molecule is CCOCC(C)N1CC2(CCCC2)NCC1C. The van der Waals surface area contributed by atoms with Crippen molar-refractivity contribution in [1.82, 2.24) is 10.2 Å². The zero-order chi connectivity index (χ0) is 12.3. The van der Waals surface area contributed by atoms with Crippen LogP contribution in [0.15, 0.2) is 0 Å². The molecule has 0 aromatic carbocycles. The second-order valence-corrected chi connectivity index (χ2v) is 5.90. The Balaban J connectivity index is 1.94. The van der Waals surface area contributed by atoms with Crippen LogP contribution < -0.4 is 5.32 Å². The summed E-state index contributed by atoms with van der Waals surface area (Å²) in [4.78, 5) is 2.65. The molecule has 1 aliphatic heterocycles. The zero-order valence-electron chi connectivity index (χ0n) is 11.7. The van der Waals surface area contributed by atoms with E-state index in [4.69, 9.17) is 4.74 Å². The Kier molecular flexibility index (Phi) is 4.45. The van der Waals surface area contributed by atoms with E-state index >= 15 is 0 Å². The summed E-state index contributed by atoms with van der Waals surface area (Å²) in [5.41, 5.74) is 0.424. The van der Waals surface area contributed by atoms with Gasteiger partial charge in [-0.1, -0.05) is 12.8 Å². The van der Waals surface area contributed by atoms with E-state index in [1.54, 1.807) is 0 Å². The standard InChI is InChI=1S/C14H28N2O/c1-4-17-10-13(3)16-11-14(7-5-6-8-14)15-9-12(16)2/h12-13,15H,4-11H2,1-3H3. The Morgan fingerprint density at radius 3 is 2.76 bits per heavy atom. The van der Waals surface area contributed by atoms with Crippen molar-refractivity contribution in [3.05, 3.63) is 0 Å². The lowest BCUT2D eigenvalue weighted by atomic mass is 9.91. The van der Waals surface area contributed by atoms with E-state index in [0.29, 0.717) is 17.6 Å². The van der Waals surface area contributed by atoms with Crippen molar-refractivity contribution in [2.75, 3.05) is 26.3 Å². The Labute approximate surface area is 106 Å². The van der Waals surface area contributed by atoms with Crippen LogP contribution in [0, 0.1) is 0 Å². The van der Waals surface area contributed by atoms with Gasteiger partial charge in [0.2, 0.25) is 0 Å². The quantitative estimate of drug-likeness (QED) is 0.813. The highest BCUT2D eigenvalue weighted by atomic mass is 16.5. The number of hydrogen-bond donors (Lipinski definition) is 1. The summed E-state index contributed by atoms with van der Waals surface area (Å²) < 4.78 is 5.59. The van der Waals surface area contributed by atoms with Crippen LogP contribution in [0.25, 0.3) is 0 Å². The number of hydrogen-bond acceptors (Lipinski definition) is 3. The fourth-order valence-corrected chi connectivity index (χ4v) is 3.40. The molecule has 100 valence electrons. The van der Waals surface area contributed by atoms with Crippen LogP contribution in [0.3, 0.4) is 0 Å². The Morgan fingerprint density at radius 1 is 1.41 bits per heavy atom. The minimum Gasteiger partial charge on any atom is -0.380 e. The molecule has 1 aliphatic carbocycles. The Bertz CT molecular complexity index is 238. The molecular weight excluding hydrogens is 212 g/mol. The maximum Gasteiger partial charge on any atom is 0.0619 e. The fourth-order valence-electron chi connectivity index (χ4n) is 3.40.